The molecule has 5 rings (SSSR count). The van der Waals surface area contributed by atoms with Crippen molar-refractivity contribution in [2.24, 2.45) is 0 Å². The number of benzene rings is 1. The second-order valence-electron chi connectivity index (χ2n) is 7.25. The third-order valence-electron chi connectivity index (χ3n) is 5.17. The van der Waals surface area contributed by atoms with Crippen molar-refractivity contribution in [3.05, 3.63) is 92.8 Å². The van der Waals surface area contributed by atoms with Crippen LogP contribution in [-0.2, 0) is 0 Å². The zero-order valence-corrected chi connectivity index (χ0v) is 19.2. The lowest BCUT2D eigenvalue weighted by Crippen LogP contribution is -1.99. The van der Waals surface area contributed by atoms with Gasteiger partial charge in [0.15, 0.2) is 5.65 Å². The fraction of sp³-hybridized carbons (Fsp3) is 0.0833. The minimum absolute atomic E-state index is 0.607. The van der Waals surface area contributed by atoms with Crippen molar-refractivity contribution in [1.82, 2.24) is 19.2 Å². The van der Waals surface area contributed by atoms with Crippen LogP contribution in [0.3, 0.4) is 0 Å². The van der Waals surface area contributed by atoms with Gasteiger partial charge in [-0.05, 0) is 67.3 Å². The molecular formula is C24H18Cl2N4S. The van der Waals surface area contributed by atoms with Crippen molar-refractivity contribution >= 4 is 52.3 Å². The van der Waals surface area contributed by atoms with E-state index in [1.165, 1.54) is 11.4 Å². The van der Waals surface area contributed by atoms with E-state index in [4.69, 9.17) is 28.3 Å². The largest absolute Gasteiger partial charge is 0.317 e. The monoisotopic (exact) mass is 464 g/mol. The third-order valence-corrected chi connectivity index (χ3v) is 6.66. The summed E-state index contributed by atoms with van der Waals surface area (Å²) in [6.45, 7) is 4.23. The van der Waals surface area contributed by atoms with Gasteiger partial charge in [-0.25, -0.2) is 9.50 Å². The van der Waals surface area contributed by atoms with Crippen molar-refractivity contribution in [1.29, 1.82) is 0 Å². The molecule has 0 saturated carbocycles. The van der Waals surface area contributed by atoms with E-state index >= 15 is 0 Å². The van der Waals surface area contributed by atoms with Gasteiger partial charge in [0.1, 0.15) is 5.69 Å². The molecule has 0 aliphatic carbocycles. The Morgan fingerprint density at radius 3 is 2.52 bits per heavy atom. The van der Waals surface area contributed by atoms with Crippen LogP contribution in [0.5, 0.6) is 0 Å². The van der Waals surface area contributed by atoms with Gasteiger partial charge in [-0.2, -0.15) is 5.10 Å². The van der Waals surface area contributed by atoms with Crippen LogP contribution in [0.2, 0.25) is 10.0 Å². The maximum absolute atomic E-state index is 6.31. The van der Waals surface area contributed by atoms with E-state index in [0.29, 0.717) is 10.0 Å². The number of hydrogen-bond acceptors (Lipinski definition) is 3. The number of fused-ring (bicyclic) bond motifs is 1. The second kappa shape index (κ2) is 8.00. The molecule has 0 atom stereocenters. The van der Waals surface area contributed by atoms with Crippen LogP contribution in [0.4, 0.5) is 0 Å². The zero-order valence-electron chi connectivity index (χ0n) is 16.9. The third kappa shape index (κ3) is 3.69. The molecule has 154 valence electrons. The molecule has 0 amide bonds. The Balaban J connectivity index is 1.57. The molecular weight excluding hydrogens is 447 g/mol. The van der Waals surface area contributed by atoms with E-state index in [1.54, 1.807) is 23.6 Å². The molecule has 31 heavy (non-hydrogen) atoms. The predicted octanol–water partition coefficient (Wildman–Crippen LogP) is 7.34. The Morgan fingerprint density at radius 1 is 0.935 bits per heavy atom. The summed E-state index contributed by atoms with van der Waals surface area (Å²) in [5.74, 6) is 0. The van der Waals surface area contributed by atoms with E-state index in [2.05, 4.69) is 47.0 Å². The summed E-state index contributed by atoms with van der Waals surface area (Å²) in [6, 6.07) is 15.8. The van der Waals surface area contributed by atoms with E-state index in [1.807, 2.05) is 40.9 Å². The molecule has 1 aromatic carbocycles. The lowest BCUT2D eigenvalue weighted by molar-refractivity contribution is 0.928. The molecule has 0 aliphatic heterocycles. The van der Waals surface area contributed by atoms with E-state index < -0.39 is 0 Å². The Bertz CT molecular complexity index is 1420. The number of aromatic nitrogens is 4. The van der Waals surface area contributed by atoms with Crippen molar-refractivity contribution in [2.45, 2.75) is 13.8 Å². The number of thiophene rings is 1. The summed E-state index contributed by atoms with van der Waals surface area (Å²) in [7, 11) is 0. The molecule has 0 spiro atoms. The number of aryl methyl sites for hydroxylation is 2. The summed E-state index contributed by atoms with van der Waals surface area (Å²) in [4.78, 5) is 5.62. The van der Waals surface area contributed by atoms with Gasteiger partial charge in [0.2, 0.25) is 0 Å². The van der Waals surface area contributed by atoms with E-state index in [0.717, 1.165) is 33.2 Å². The molecule has 0 bridgehead atoms. The normalized spacial score (nSPS) is 11.7. The number of nitrogens with zero attached hydrogens (tertiary/aromatic N) is 4. The second-order valence-corrected chi connectivity index (χ2v) is 9.01. The fourth-order valence-corrected chi connectivity index (χ4v) is 4.99. The quantitative estimate of drug-likeness (QED) is 0.278. The highest BCUT2D eigenvalue weighted by Crippen LogP contribution is 2.34. The summed E-state index contributed by atoms with van der Waals surface area (Å²) in [6.07, 6.45) is 5.73. The maximum atomic E-state index is 6.31. The Kier molecular flexibility index (Phi) is 5.18. The minimum atomic E-state index is 0.607. The summed E-state index contributed by atoms with van der Waals surface area (Å²) in [5.41, 5.74) is 7.02. The first-order chi connectivity index (χ1) is 15.0. The van der Waals surface area contributed by atoms with Gasteiger partial charge in [-0.3, -0.25) is 0 Å². The van der Waals surface area contributed by atoms with Crippen LogP contribution < -0.4 is 0 Å². The molecule has 0 radical (unpaired) electrons. The van der Waals surface area contributed by atoms with Crippen molar-refractivity contribution in [3.63, 3.8) is 0 Å². The first-order valence-electron chi connectivity index (χ1n) is 9.72. The SMILES string of the molecule is Cc1ccc(C)n1-c1ccsc1-c1cc2nccc(C=Cc3ccc(Cl)cc3Cl)n2n1. The molecule has 0 fully saturated rings. The van der Waals surface area contributed by atoms with Crippen LogP contribution in [0.25, 0.3) is 34.1 Å². The molecule has 4 aromatic heterocycles. The molecule has 4 nitrogen and oxygen atoms in total. The van der Waals surface area contributed by atoms with Crippen molar-refractivity contribution < 1.29 is 0 Å². The average molecular weight is 465 g/mol. The Hall–Kier alpha value is -2.86. The molecule has 7 heteroatoms. The number of rotatable bonds is 4. The van der Waals surface area contributed by atoms with Crippen LogP contribution in [0.1, 0.15) is 22.6 Å². The smallest absolute Gasteiger partial charge is 0.156 e. The van der Waals surface area contributed by atoms with Crippen molar-refractivity contribution in [2.75, 3.05) is 0 Å². The average Bonchev–Trinajstić information content (AvgIpc) is 3.45. The Morgan fingerprint density at radius 2 is 1.74 bits per heavy atom. The molecule has 0 aliphatic rings. The highest BCUT2D eigenvalue weighted by molar-refractivity contribution is 7.14. The van der Waals surface area contributed by atoms with E-state index in [-0.39, 0.29) is 0 Å². The Labute approximate surface area is 194 Å². The zero-order chi connectivity index (χ0) is 21.5. The summed E-state index contributed by atoms with van der Waals surface area (Å²) >= 11 is 14.0. The van der Waals surface area contributed by atoms with Crippen LogP contribution in [-0.4, -0.2) is 19.2 Å². The highest BCUT2D eigenvalue weighted by atomic mass is 35.5. The highest BCUT2D eigenvalue weighted by Gasteiger charge is 2.16. The first-order valence-corrected chi connectivity index (χ1v) is 11.4. The van der Waals surface area contributed by atoms with Gasteiger partial charge in [-0.1, -0.05) is 35.3 Å². The molecule has 0 unspecified atom stereocenters. The van der Waals surface area contributed by atoms with Gasteiger partial charge in [-0.15, -0.1) is 11.3 Å². The first kappa shape index (κ1) is 20.1. The van der Waals surface area contributed by atoms with Crippen LogP contribution in [0.15, 0.2) is 60.1 Å². The van der Waals surface area contributed by atoms with E-state index in [9.17, 15) is 0 Å². The minimum Gasteiger partial charge on any atom is -0.317 e. The lowest BCUT2D eigenvalue weighted by atomic mass is 10.2. The lowest BCUT2D eigenvalue weighted by Gasteiger charge is -2.09. The fourth-order valence-electron chi connectivity index (χ4n) is 3.68. The van der Waals surface area contributed by atoms with Gasteiger partial charge in [0.05, 0.1) is 16.3 Å². The molecule has 4 heterocycles. The molecule has 0 saturated heterocycles. The van der Waals surface area contributed by atoms with Crippen molar-refractivity contribution in [3.8, 4) is 16.3 Å². The number of halogens is 2. The van der Waals surface area contributed by atoms with Gasteiger partial charge < -0.3 is 4.57 Å². The number of hydrogen-bond donors (Lipinski definition) is 0. The molecule has 0 N–H and O–H groups in total. The molecule has 5 aromatic rings. The maximum Gasteiger partial charge on any atom is 0.156 e. The summed E-state index contributed by atoms with van der Waals surface area (Å²) < 4.78 is 4.11. The summed E-state index contributed by atoms with van der Waals surface area (Å²) in [5, 5.41) is 8.20. The predicted molar refractivity (Wildman–Crippen MR) is 130 cm³/mol. The standard InChI is InChI=1S/C24H18Cl2N4S/c1-15-3-4-16(2)29(15)22-10-12-31-24(22)21-14-23-27-11-9-19(30(23)28-21)8-6-17-5-7-18(25)13-20(17)26/h3-14H,1-2H3. The van der Waals surface area contributed by atoms with Gasteiger partial charge in [0, 0.05) is 33.7 Å². The van der Waals surface area contributed by atoms with Gasteiger partial charge in [0.25, 0.3) is 0 Å². The van der Waals surface area contributed by atoms with Gasteiger partial charge >= 0.3 is 0 Å². The topological polar surface area (TPSA) is 35.1 Å². The van der Waals surface area contributed by atoms with Crippen LogP contribution in [0, 0.1) is 13.8 Å². The van der Waals surface area contributed by atoms with Crippen LogP contribution >= 0.6 is 34.5 Å².